The van der Waals surface area contributed by atoms with E-state index in [4.69, 9.17) is 5.11 Å². The van der Waals surface area contributed by atoms with E-state index in [2.05, 4.69) is 21.2 Å². The van der Waals surface area contributed by atoms with Crippen LogP contribution < -0.4 is 5.32 Å². The first-order chi connectivity index (χ1) is 7.99. The van der Waals surface area contributed by atoms with Crippen LogP contribution in [-0.2, 0) is 4.79 Å². The molecule has 2 N–H and O–H groups in total. The summed E-state index contributed by atoms with van der Waals surface area (Å²) in [6.07, 6.45) is 1.54. The second-order valence-electron chi connectivity index (χ2n) is 4.04. The molecule has 0 amide bonds. The van der Waals surface area contributed by atoms with Crippen molar-refractivity contribution in [3.63, 3.8) is 0 Å². The molecule has 3 nitrogen and oxygen atoms in total. The predicted octanol–water partition coefficient (Wildman–Crippen LogP) is 3.00. The fourth-order valence-electron chi connectivity index (χ4n) is 1.65. The number of carboxylic acid groups (broad SMARTS) is 1. The molecule has 0 aromatic heterocycles. The molecule has 92 valence electrons. The minimum atomic E-state index is -1.09. The first kappa shape index (κ1) is 12.3. The summed E-state index contributed by atoms with van der Waals surface area (Å²) in [5.74, 6) is -2.74. The Morgan fingerprint density at radius 3 is 2.35 bits per heavy atom. The molecular formula is C11H10BrF2NO2. The van der Waals surface area contributed by atoms with Gasteiger partial charge in [0.15, 0.2) is 0 Å². The van der Waals surface area contributed by atoms with Crippen LogP contribution in [-0.4, -0.2) is 17.1 Å². The highest BCUT2D eigenvalue weighted by Gasteiger charge is 2.37. The summed E-state index contributed by atoms with van der Waals surface area (Å²) < 4.78 is 27.3. The number of nitrogens with one attached hydrogen (secondary N) is 1. The van der Waals surface area contributed by atoms with Crippen LogP contribution >= 0.6 is 15.9 Å². The van der Waals surface area contributed by atoms with Gasteiger partial charge in [-0.1, -0.05) is 15.9 Å². The van der Waals surface area contributed by atoms with E-state index in [1.54, 1.807) is 0 Å². The van der Waals surface area contributed by atoms with Crippen LogP contribution in [0.3, 0.4) is 0 Å². The Kier molecular flexibility index (Phi) is 3.33. The van der Waals surface area contributed by atoms with Gasteiger partial charge in [0.1, 0.15) is 23.4 Å². The molecule has 1 fully saturated rings. The molecule has 1 aliphatic rings. The maximum absolute atomic E-state index is 13.5. The topological polar surface area (TPSA) is 49.3 Å². The van der Waals surface area contributed by atoms with Gasteiger partial charge in [0.2, 0.25) is 0 Å². The van der Waals surface area contributed by atoms with Crippen LogP contribution in [0.15, 0.2) is 16.6 Å². The number of benzene rings is 1. The van der Waals surface area contributed by atoms with Crippen LogP contribution in [0, 0.1) is 17.6 Å². The average molecular weight is 306 g/mol. The number of hydrogen-bond donors (Lipinski definition) is 2. The van der Waals surface area contributed by atoms with Gasteiger partial charge >= 0.3 is 5.97 Å². The molecular weight excluding hydrogens is 296 g/mol. The molecule has 0 saturated heterocycles. The van der Waals surface area contributed by atoms with E-state index >= 15 is 0 Å². The van der Waals surface area contributed by atoms with E-state index in [0.717, 1.165) is 25.0 Å². The summed E-state index contributed by atoms with van der Waals surface area (Å²) in [6.45, 7) is 0. The summed E-state index contributed by atoms with van der Waals surface area (Å²) >= 11 is 2.96. The van der Waals surface area contributed by atoms with E-state index < -0.39 is 23.6 Å². The number of aliphatic carboxylic acids is 1. The van der Waals surface area contributed by atoms with E-state index in [1.807, 2.05) is 0 Å². The smallest absolute Gasteiger partial charge is 0.326 e. The lowest BCUT2D eigenvalue weighted by Gasteiger charge is -2.16. The minimum absolute atomic E-state index is 0.0463. The maximum Gasteiger partial charge on any atom is 0.326 e. The Labute approximate surface area is 105 Å². The second-order valence-corrected chi connectivity index (χ2v) is 4.96. The summed E-state index contributed by atoms with van der Waals surface area (Å²) in [5.41, 5.74) is -0.382. The van der Waals surface area contributed by atoms with Crippen molar-refractivity contribution < 1.29 is 18.7 Å². The fourth-order valence-corrected chi connectivity index (χ4v) is 2.05. The Balaban J connectivity index is 2.25. The van der Waals surface area contributed by atoms with Crippen LogP contribution in [0.25, 0.3) is 0 Å². The quantitative estimate of drug-likeness (QED) is 0.899. The molecule has 17 heavy (non-hydrogen) atoms. The molecule has 2 rings (SSSR count). The largest absolute Gasteiger partial charge is 0.480 e. The Bertz CT molecular complexity index is 440. The van der Waals surface area contributed by atoms with Crippen LogP contribution in [0.5, 0.6) is 0 Å². The molecule has 0 aliphatic heterocycles. The highest BCUT2D eigenvalue weighted by atomic mass is 79.9. The van der Waals surface area contributed by atoms with Crippen LogP contribution in [0.2, 0.25) is 0 Å². The zero-order chi connectivity index (χ0) is 12.6. The van der Waals surface area contributed by atoms with Gasteiger partial charge in [-0.3, -0.25) is 0 Å². The van der Waals surface area contributed by atoms with Gasteiger partial charge in [0.25, 0.3) is 0 Å². The van der Waals surface area contributed by atoms with Crippen LogP contribution in [0.1, 0.15) is 12.8 Å². The molecule has 1 atom stereocenters. The second kappa shape index (κ2) is 4.60. The van der Waals surface area contributed by atoms with Crippen molar-refractivity contribution in [3.05, 3.63) is 28.2 Å². The lowest BCUT2D eigenvalue weighted by Crippen LogP contribution is -2.32. The molecule has 1 unspecified atom stereocenters. The predicted molar refractivity (Wildman–Crippen MR) is 61.8 cm³/mol. The van der Waals surface area contributed by atoms with Crippen molar-refractivity contribution >= 4 is 27.6 Å². The molecule has 1 aliphatic carbocycles. The fraction of sp³-hybridized carbons (Fsp3) is 0.364. The molecule has 6 heteroatoms. The summed E-state index contributed by atoms with van der Waals surface area (Å²) in [5, 5.41) is 11.4. The van der Waals surface area contributed by atoms with Gasteiger partial charge in [0, 0.05) is 4.47 Å². The summed E-state index contributed by atoms with van der Waals surface area (Å²) in [7, 11) is 0. The SMILES string of the molecule is O=C(O)C(Nc1c(F)cc(Br)cc1F)C1CC1. The number of carbonyl (C=O) groups is 1. The average Bonchev–Trinajstić information content (AvgIpc) is 2.99. The molecule has 0 bridgehead atoms. The molecule has 0 radical (unpaired) electrons. The number of rotatable bonds is 4. The first-order valence-electron chi connectivity index (χ1n) is 5.13. The standard InChI is InChI=1S/C11H10BrF2NO2/c12-6-3-7(13)10(8(14)4-6)15-9(11(16)17)5-1-2-5/h3-5,9,15H,1-2H2,(H,16,17). The number of halogens is 3. The monoisotopic (exact) mass is 305 g/mol. The van der Waals surface area contributed by atoms with Gasteiger partial charge in [-0.05, 0) is 30.9 Å². The van der Waals surface area contributed by atoms with E-state index in [0.29, 0.717) is 0 Å². The zero-order valence-corrected chi connectivity index (χ0v) is 10.3. The Morgan fingerprint density at radius 2 is 1.94 bits per heavy atom. The number of hydrogen-bond acceptors (Lipinski definition) is 2. The van der Waals surface area contributed by atoms with Gasteiger partial charge in [-0.2, -0.15) is 0 Å². The first-order valence-corrected chi connectivity index (χ1v) is 5.92. The highest BCUT2D eigenvalue weighted by Crippen LogP contribution is 2.35. The lowest BCUT2D eigenvalue weighted by atomic mass is 10.1. The normalized spacial score (nSPS) is 16.6. The molecule has 0 heterocycles. The van der Waals surface area contributed by atoms with Gasteiger partial charge in [-0.25, -0.2) is 13.6 Å². The van der Waals surface area contributed by atoms with Crippen molar-refractivity contribution in [2.45, 2.75) is 18.9 Å². The molecule has 1 aromatic carbocycles. The molecule has 1 aromatic rings. The number of carboxylic acids is 1. The minimum Gasteiger partial charge on any atom is -0.480 e. The van der Waals surface area contributed by atoms with Gasteiger partial charge in [-0.15, -0.1) is 0 Å². The third kappa shape index (κ3) is 2.74. The third-order valence-corrected chi connectivity index (χ3v) is 3.12. The van der Waals surface area contributed by atoms with Crippen molar-refractivity contribution in [1.82, 2.24) is 0 Å². The van der Waals surface area contributed by atoms with Gasteiger partial charge < -0.3 is 10.4 Å². The zero-order valence-electron chi connectivity index (χ0n) is 8.71. The lowest BCUT2D eigenvalue weighted by molar-refractivity contribution is -0.138. The molecule has 1 saturated carbocycles. The summed E-state index contributed by atoms with van der Waals surface area (Å²) in [6, 6.07) is 1.26. The number of anilines is 1. The van der Waals surface area contributed by atoms with E-state index in [9.17, 15) is 13.6 Å². The van der Waals surface area contributed by atoms with E-state index in [-0.39, 0.29) is 16.1 Å². The highest BCUT2D eigenvalue weighted by molar-refractivity contribution is 9.10. The molecule has 0 spiro atoms. The third-order valence-electron chi connectivity index (χ3n) is 2.67. The van der Waals surface area contributed by atoms with E-state index in [1.165, 1.54) is 0 Å². The van der Waals surface area contributed by atoms with Crippen molar-refractivity contribution in [2.75, 3.05) is 5.32 Å². The summed E-state index contributed by atoms with van der Waals surface area (Å²) in [4.78, 5) is 11.0. The van der Waals surface area contributed by atoms with Crippen molar-refractivity contribution in [2.24, 2.45) is 5.92 Å². The van der Waals surface area contributed by atoms with Crippen LogP contribution in [0.4, 0.5) is 14.5 Å². The van der Waals surface area contributed by atoms with Gasteiger partial charge in [0.05, 0.1) is 0 Å². The maximum atomic E-state index is 13.5. The Morgan fingerprint density at radius 1 is 1.41 bits per heavy atom. The van der Waals surface area contributed by atoms with Crippen molar-refractivity contribution in [3.8, 4) is 0 Å². The van der Waals surface area contributed by atoms with Crippen molar-refractivity contribution in [1.29, 1.82) is 0 Å². The Hall–Kier alpha value is -1.17.